The van der Waals surface area contributed by atoms with Crippen LogP contribution in [0.25, 0.3) is 0 Å². The molecule has 0 unspecified atom stereocenters. The molecule has 0 N–H and O–H groups in total. The summed E-state index contributed by atoms with van der Waals surface area (Å²) in [7, 11) is 0. The van der Waals surface area contributed by atoms with Crippen molar-refractivity contribution in [2.45, 2.75) is 0 Å². The van der Waals surface area contributed by atoms with Crippen molar-refractivity contribution in [3.63, 3.8) is 0 Å². The molecule has 0 aliphatic rings. The van der Waals surface area contributed by atoms with Crippen LogP contribution in [0.5, 0.6) is 0 Å². The van der Waals surface area contributed by atoms with Gasteiger partial charge in [-0.1, -0.05) is 0 Å². The van der Waals surface area contributed by atoms with Crippen molar-refractivity contribution in [1.29, 1.82) is 0 Å². The van der Waals surface area contributed by atoms with E-state index in [1.807, 2.05) is 0 Å². The van der Waals surface area contributed by atoms with Crippen LogP contribution in [0.1, 0.15) is 5.56 Å². The first-order chi connectivity index (χ1) is 5.46. The van der Waals surface area contributed by atoms with E-state index in [1.165, 1.54) is 0 Å². The molecule has 0 aromatic heterocycles. The molecule has 7 heteroatoms. The zero-order valence-corrected chi connectivity index (χ0v) is 11.2. The Morgan fingerprint density at radius 2 is 0.857 bits per heavy atom. The maximum atomic E-state index is 12.3. The van der Waals surface area contributed by atoms with E-state index in [1.54, 1.807) is 0 Å². The molecule has 0 amide bonds. The number of halogens is 6. The SMILES string of the molecule is [Br-].[CH2-]c1c(F)c(F)c(F)c(F)c1F.[Zn+2]. The van der Waals surface area contributed by atoms with Crippen molar-refractivity contribution in [3.8, 4) is 0 Å². The average Bonchev–Trinajstić information content (AvgIpc) is 2.08. The Labute approximate surface area is 100 Å². The molecule has 1 rings (SSSR count). The molecule has 0 radical (unpaired) electrons. The van der Waals surface area contributed by atoms with Crippen LogP contribution in [0.2, 0.25) is 0 Å². The second-order valence-corrected chi connectivity index (χ2v) is 2.05. The van der Waals surface area contributed by atoms with Gasteiger partial charge >= 0.3 is 19.5 Å². The van der Waals surface area contributed by atoms with E-state index in [0.717, 1.165) is 0 Å². The number of benzene rings is 1. The molecule has 74 valence electrons. The van der Waals surface area contributed by atoms with Gasteiger partial charge in [0.25, 0.3) is 0 Å². The molecule has 14 heavy (non-hydrogen) atoms. The van der Waals surface area contributed by atoms with Crippen molar-refractivity contribution in [2.24, 2.45) is 0 Å². The third-order valence-corrected chi connectivity index (χ3v) is 1.30. The Morgan fingerprint density at radius 1 is 0.643 bits per heavy atom. The monoisotopic (exact) mass is 324 g/mol. The van der Waals surface area contributed by atoms with Crippen LogP contribution in [0, 0.1) is 36.0 Å². The van der Waals surface area contributed by atoms with Gasteiger partial charge in [0.15, 0.2) is 5.82 Å². The van der Waals surface area contributed by atoms with Crippen LogP contribution >= 0.6 is 0 Å². The Balaban J connectivity index is 0. The Morgan fingerprint density at radius 3 is 1.14 bits per heavy atom. The van der Waals surface area contributed by atoms with Crippen LogP contribution in [0.4, 0.5) is 22.0 Å². The van der Waals surface area contributed by atoms with E-state index >= 15 is 0 Å². The quantitative estimate of drug-likeness (QED) is 0.199. The van der Waals surface area contributed by atoms with Gasteiger partial charge in [-0.25, -0.2) is 13.2 Å². The summed E-state index contributed by atoms with van der Waals surface area (Å²) >= 11 is 0. The second kappa shape index (κ2) is 5.66. The molecule has 0 fully saturated rings. The number of hydrogen-bond acceptors (Lipinski definition) is 0. The van der Waals surface area contributed by atoms with Gasteiger partial charge < -0.3 is 17.0 Å². The van der Waals surface area contributed by atoms with Crippen LogP contribution in [-0.4, -0.2) is 0 Å². The first kappa shape index (κ1) is 16.3. The number of hydrogen-bond donors (Lipinski definition) is 0. The fraction of sp³-hybridized carbons (Fsp3) is 0. The molecule has 0 aliphatic heterocycles. The molecule has 0 aliphatic carbocycles. The topological polar surface area (TPSA) is 0 Å². The predicted octanol–water partition coefficient (Wildman–Crippen LogP) is -0.434. The van der Waals surface area contributed by atoms with Gasteiger partial charge in [0, 0.05) is 0 Å². The summed E-state index contributed by atoms with van der Waals surface area (Å²) in [5, 5.41) is 0. The standard InChI is InChI=1S/C7H2F5.BrH.Zn/c1-2-3(8)5(10)7(12)6(11)4(2)9;;/h1H2;1H;/q-1;;+2/p-1. The van der Waals surface area contributed by atoms with Crippen molar-refractivity contribution in [1.82, 2.24) is 0 Å². The van der Waals surface area contributed by atoms with Crippen LogP contribution in [0.3, 0.4) is 0 Å². The van der Waals surface area contributed by atoms with Gasteiger partial charge in [-0.3, -0.25) is 8.78 Å². The molecular weight excluding hydrogens is 324 g/mol. The summed E-state index contributed by atoms with van der Waals surface area (Å²) in [6, 6.07) is 0. The van der Waals surface area contributed by atoms with E-state index in [0.29, 0.717) is 0 Å². The fourth-order valence-electron chi connectivity index (χ4n) is 0.650. The molecule has 0 saturated heterocycles. The van der Waals surface area contributed by atoms with Crippen molar-refractivity contribution in [2.75, 3.05) is 0 Å². The Bertz CT molecular complexity index is 236. The summed E-state index contributed by atoms with van der Waals surface area (Å²) in [6.07, 6.45) is 0. The van der Waals surface area contributed by atoms with Gasteiger partial charge in [0.2, 0.25) is 0 Å². The third-order valence-electron chi connectivity index (χ3n) is 1.30. The van der Waals surface area contributed by atoms with Gasteiger partial charge in [-0.15, -0.1) is 5.56 Å². The Kier molecular flexibility index (Phi) is 6.58. The van der Waals surface area contributed by atoms with Gasteiger partial charge in [0.05, 0.1) is 11.6 Å². The van der Waals surface area contributed by atoms with Crippen LogP contribution in [0.15, 0.2) is 0 Å². The van der Waals surface area contributed by atoms with Gasteiger partial charge in [0.1, 0.15) is 11.6 Å². The molecule has 1 aromatic carbocycles. The molecule has 0 atom stereocenters. The summed E-state index contributed by atoms with van der Waals surface area (Å²) < 4.78 is 61.3. The third kappa shape index (κ3) is 2.45. The van der Waals surface area contributed by atoms with E-state index in [2.05, 4.69) is 6.92 Å². The van der Waals surface area contributed by atoms with Gasteiger partial charge in [-0.2, -0.15) is 6.92 Å². The van der Waals surface area contributed by atoms with Crippen LogP contribution < -0.4 is 17.0 Å². The zero-order chi connectivity index (χ0) is 9.46. The maximum Gasteiger partial charge on any atom is 2.00 e. The molecule has 0 heterocycles. The predicted molar refractivity (Wildman–Crippen MR) is 30.7 cm³/mol. The molecule has 0 spiro atoms. The van der Waals surface area contributed by atoms with Crippen molar-refractivity contribution < 1.29 is 58.4 Å². The molecule has 0 bridgehead atoms. The number of rotatable bonds is 0. The van der Waals surface area contributed by atoms with Crippen molar-refractivity contribution >= 4 is 0 Å². The first-order valence-electron chi connectivity index (χ1n) is 2.80. The second-order valence-electron chi connectivity index (χ2n) is 2.05. The van der Waals surface area contributed by atoms with Crippen molar-refractivity contribution in [3.05, 3.63) is 41.6 Å². The molecule has 0 saturated carbocycles. The molecule has 1 aromatic rings. The average molecular weight is 326 g/mol. The largest absolute Gasteiger partial charge is 2.00 e. The smallest absolute Gasteiger partial charge is 1.00 e. The van der Waals surface area contributed by atoms with E-state index in [-0.39, 0.29) is 36.5 Å². The maximum absolute atomic E-state index is 12.3. The van der Waals surface area contributed by atoms with Crippen LogP contribution in [-0.2, 0) is 19.5 Å². The molecule has 0 nitrogen and oxygen atoms in total. The first-order valence-corrected chi connectivity index (χ1v) is 2.80. The minimum absolute atomic E-state index is 0. The summed E-state index contributed by atoms with van der Waals surface area (Å²) in [4.78, 5) is 0. The summed E-state index contributed by atoms with van der Waals surface area (Å²) in [6.45, 7) is 2.69. The Hall–Kier alpha value is -0.157. The van der Waals surface area contributed by atoms with E-state index < -0.39 is 34.6 Å². The molecular formula is C7H2BrF5Zn. The van der Waals surface area contributed by atoms with E-state index in [9.17, 15) is 22.0 Å². The zero-order valence-electron chi connectivity index (χ0n) is 6.68. The van der Waals surface area contributed by atoms with E-state index in [4.69, 9.17) is 0 Å². The minimum atomic E-state index is -2.17. The summed E-state index contributed by atoms with van der Waals surface area (Å²) in [5.74, 6) is -9.91. The summed E-state index contributed by atoms with van der Waals surface area (Å²) in [5.41, 5.74) is -1.12. The minimum Gasteiger partial charge on any atom is -1.00 e. The normalized spacial score (nSPS) is 8.93. The van der Waals surface area contributed by atoms with Gasteiger partial charge in [-0.05, 0) is 0 Å². The fourth-order valence-corrected chi connectivity index (χ4v) is 0.650.